The molecule has 0 radical (unpaired) electrons. The van der Waals surface area contributed by atoms with E-state index in [0.29, 0.717) is 16.8 Å². The summed E-state index contributed by atoms with van der Waals surface area (Å²) in [6, 6.07) is 2.26. The van der Waals surface area contributed by atoms with Crippen LogP contribution in [0.25, 0.3) is 0 Å². The molecule has 1 aliphatic rings. The van der Waals surface area contributed by atoms with Crippen molar-refractivity contribution in [3.05, 3.63) is 17.3 Å². The molecule has 4 heteroatoms. The molecule has 0 aromatic carbocycles. The van der Waals surface area contributed by atoms with Crippen molar-refractivity contribution in [2.24, 2.45) is 0 Å². The summed E-state index contributed by atoms with van der Waals surface area (Å²) in [5.41, 5.74) is 6.54. The number of rotatable bonds is 2. The Morgan fingerprint density at radius 2 is 1.82 bits per heavy atom. The van der Waals surface area contributed by atoms with Crippen LogP contribution < -0.4 is 11.1 Å². The second kappa shape index (κ2) is 6.10. The SMILES string of the molecule is Nc1cc(Cl)cnc1NC1CCCCCCC1. The van der Waals surface area contributed by atoms with Crippen LogP contribution >= 0.6 is 11.6 Å². The van der Waals surface area contributed by atoms with Gasteiger partial charge in [-0.2, -0.15) is 0 Å². The van der Waals surface area contributed by atoms with Gasteiger partial charge in [-0.05, 0) is 18.9 Å². The van der Waals surface area contributed by atoms with Crippen LogP contribution in [0.5, 0.6) is 0 Å². The highest BCUT2D eigenvalue weighted by atomic mass is 35.5. The number of hydrogen-bond acceptors (Lipinski definition) is 3. The first-order valence-corrected chi connectivity index (χ1v) is 6.81. The minimum atomic E-state index is 0.506. The first-order valence-electron chi connectivity index (χ1n) is 6.43. The van der Waals surface area contributed by atoms with Crippen LogP contribution in [0.2, 0.25) is 5.02 Å². The maximum Gasteiger partial charge on any atom is 0.149 e. The van der Waals surface area contributed by atoms with E-state index in [1.165, 1.54) is 44.9 Å². The van der Waals surface area contributed by atoms with E-state index in [4.69, 9.17) is 17.3 Å². The summed E-state index contributed by atoms with van der Waals surface area (Å²) in [6.45, 7) is 0. The molecule has 0 aliphatic heterocycles. The molecule has 0 saturated heterocycles. The average Bonchev–Trinajstić information content (AvgIpc) is 2.25. The van der Waals surface area contributed by atoms with Crippen LogP contribution in [-0.4, -0.2) is 11.0 Å². The van der Waals surface area contributed by atoms with Gasteiger partial charge in [-0.1, -0.05) is 43.7 Å². The quantitative estimate of drug-likeness (QED) is 0.842. The molecule has 0 atom stereocenters. The molecule has 3 nitrogen and oxygen atoms in total. The van der Waals surface area contributed by atoms with E-state index in [2.05, 4.69) is 10.3 Å². The maximum atomic E-state index is 5.90. The molecule has 1 aromatic rings. The van der Waals surface area contributed by atoms with Crippen molar-refractivity contribution in [3.63, 3.8) is 0 Å². The van der Waals surface area contributed by atoms with Gasteiger partial charge in [0, 0.05) is 12.2 Å². The Kier molecular flexibility index (Phi) is 4.49. The summed E-state index contributed by atoms with van der Waals surface area (Å²) in [7, 11) is 0. The Morgan fingerprint density at radius 3 is 2.47 bits per heavy atom. The zero-order valence-corrected chi connectivity index (χ0v) is 10.8. The summed E-state index contributed by atoms with van der Waals surface area (Å²) in [5.74, 6) is 0.778. The summed E-state index contributed by atoms with van der Waals surface area (Å²) in [5, 5.41) is 4.04. The van der Waals surface area contributed by atoms with Crippen LogP contribution in [0.3, 0.4) is 0 Å². The lowest BCUT2D eigenvalue weighted by Crippen LogP contribution is -2.21. The van der Waals surface area contributed by atoms with Crippen molar-refractivity contribution in [3.8, 4) is 0 Å². The van der Waals surface area contributed by atoms with Crippen LogP contribution in [0.4, 0.5) is 11.5 Å². The number of nitrogens with zero attached hydrogens (tertiary/aromatic N) is 1. The molecule has 1 aromatic heterocycles. The van der Waals surface area contributed by atoms with E-state index < -0.39 is 0 Å². The summed E-state index contributed by atoms with van der Waals surface area (Å²) in [4.78, 5) is 4.26. The Hall–Kier alpha value is -0.960. The van der Waals surface area contributed by atoms with Gasteiger partial charge in [-0.3, -0.25) is 0 Å². The standard InChI is InChI=1S/C13H20ClN3/c14-10-8-12(15)13(16-9-10)17-11-6-4-2-1-3-5-7-11/h8-9,11H,1-7,15H2,(H,16,17). The van der Waals surface area contributed by atoms with Gasteiger partial charge in [0.15, 0.2) is 0 Å². The van der Waals surface area contributed by atoms with E-state index in [1.54, 1.807) is 12.3 Å². The normalized spacial score (nSPS) is 18.4. The number of pyridine rings is 1. The van der Waals surface area contributed by atoms with Gasteiger partial charge in [-0.15, -0.1) is 0 Å². The molecule has 1 heterocycles. The zero-order valence-electron chi connectivity index (χ0n) is 10.1. The zero-order chi connectivity index (χ0) is 12.1. The predicted octanol–water partition coefficient (Wildman–Crippen LogP) is 3.84. The van der Waals surface area contributed by atoms with Crippen molar-refractivity contribution in [1.82, 2.24) is 4.98 Å². The molecular formula is C13H20ClN3. The first-order chi connectivity index (χ1) is 8.25. The van der Waals surface area contributed by atoms with Gasteiger partial charge in [-0.25, -0.2) is 4.98 Å². The third-order valence-electron chi connectivity index (χ3n) is 3.33. The van der Waals surface area contributed by atoms with Gasteiger partial charge < -0.3 is 11.1 Å². The minimum absolute atomic E-state index is 0.506. The van der Waals surface area contributed by atoms with Gasteiger partial charge in [0.2, 0.25) is 0 Å². The number of nitrogens with two attached hydrogens (primary N) is 1. The molecule has 2 rings (SSSR count). The summed E-state index contributed by atoms with van der Waals surface area (Å²) < 4.78 is 0. The molecule has 0 amide bonds. The van der Waals surface area contributed by atoms with Crippen LogP contribution in [0.1, 0.15) is 44.9 Å². The highest BCUT2D eigenvalue weighted by Crippen LogP contribution is 2.24. The van der Waals surface area contributed by atoms with Crippen LogP contribution in [-0.2, 0) is 0 Å². The Bertz CT molecular complexity index is 360. The van der Waals surface area contributed by atoms with E-state index >= 15 is 0 Å². The van der Waals surface area contributed by atoms with Crippen LogP contribution in [0.15, 0.2) is 12.3 Å². The predicted molar refractivity (Wildman–Crippen MR) is 73.4 cm³/mol. The lowest BCUT2D eigenvalue weighted by atomic mass is 9.97. The monoisotopic (exact) mass is 253 g/mol. The first kappa shape index (κ1) is 12.5. The molecule has 1 saturated carbocycles. The molecule has 3 N–H and O–H groups in total. The number of nitrogen functional groups attached to an aromatic ring is 1. The molecule has 94 valence electrons. The maximum absolute atomic E-state index is 5.90. The fraction of sp³-hybridized carbons (Fsp3) is 0.615. The van der Waals surface area contributed by atoms with Crippen molar-refractivity contribution >= 4 is 23.1 Å². The summed E-state index contributed by atoms with van der Waals surface area (Å²) >= 11 is 5.84. The molecule has 1 fully saturated rings. The molecule has 1 aliphatic carbocycles. The van der Waals surface area contributed by atoms with E-state index in [9.17, 15) is 0 Å². The van der Waals surface area contributed by atoms with E-state index in [-0.39, 0.29) is 0 Å². The Balaban J connectivity index is 1.98. The van der Waals surface area contributed by atoms with Crippen molar-refractivity contribution in [2.45, 2.75) is 51.0 Å². The topological polar surface area (TPSA) is 50.9 Å². The molecule has 0 spiro atoms. The molecule has 0 unspecified atom stereocenters. The molecule has 17 heavy (non-hydrogen) atoms. The second-order valence-corrected chi connectivity index (χ2v) is 5.21. The number of hydrogen-bond donors (Lipinski definition) is 2. The van der Waals surface area contributed by atoms with Crippen LogP contribution in [0, 0.1) is 0 Å². The van der Waals surface area contributed by atoms with Gasteiger partial charge in [0.25, 0.3) is 0 Å². The van der Waals surface area contributed by atoms with Gasteiger partial charge >= 0.3 is 0 Å². The summed E-state index contributed by atoms with van der Waals surface area (Å²) in [6.07, 6.45) is 10.7. The minimum Gasteiger partial charge on any atom is -0.396 e. The van der Waals surface area contributed by atoms with E-state index in [0.717, 1.165) is 5.82 Å². The lowest BCUT2D eigenvalue weighted by Gasteiger charge is -2.22. The largest absolute Gasteiger partial charge is 0.396 e. The average molecular weight is 254 g/mol. The lowest BCUT2D eigenvalue weighted by molar-refractivity contribution is 0.471. The fourth-order valence-corrected chi connectivity index (χ4v) is 2.54. The third kappa shape index (κ3) is 3.77. The number of halogens is 1. The highest BCUT2D eigenvalue weighted by molar-refractivity contribution is 6.30. The number of nitrogens with one attached hydrogen (secondary N) is 1. The van der Waals surface area contributed by atoms with Gasteiger partial charge in [0.1, 0.15) is 5.82 Å². The highest BCUT2D eigenvalue weighted by Gasteiger charge is 2.12. The van der Waals surface area contributed by atoms with Crippen molar-refractivity contribution in [1.29, 1.82) is 0 Å². The van der Waals surface area contributed by atoms with Crippen molar-refractivity contribution < 1.29 is 0 Å². The fourth-order valence-electron chi connectivity index (χ4n) is 2.37. The number of anilines is 2. The van der Waals surface area contributed by atoms with E-state index in [1.807, 2.05) is 0 Å². The molecule has 0 bridgehead atoms. The second-order valence-electron chi connectivity index (χ2n) is 4.78. The number of aromatic nitrogens is 1. The molecular weight excluding hydrogens is 234 g/mol. The third-order valence-corrected chi connectivity index (χ3v) is 3.54. The van der Waals surface area contributed by atoms with Gasteiger partial charge in [0.05, 0.1) is 10.7 Å². The van der Waals surface area contributed by atoms with Crippen molar-refractivity contribution in [2.75, 3.05) is 11.1 Å². The Morgan fingerprint density at radius 1 is 1.18 bits per heavy atom. The smallest absolute Gasteiger partial charge is 0.149 e. The Labute approximate surface area is 108 Å².